The number of likely N-dealkylation sites (N-methyl/N-ethyl adjacent to an activating group) is 1. The molecule has 2 aromatic carbocycles. The first-order valence-electron chi connectivity index (χ1n) is 13.3. The molecule has 200 valence electrons. The van der Waals surface area contributed by atoms with E-state index >= 15 is 0 Å². The number of nitrogens with zero attached hydrogens (tertiary/aromatic N) is 2. The van der Waals surface area contributed by atoms with E-state index in [1.807, 2.05) is 31.2 Å². The normalized spacial score (nSPS) is 21.5. The Bertz CT molecular complexity index is 1060. The van der Waals surface area contributed by atoms with Gasteiger partial charge in [-0.05, 0) is 57.6 Å². The molecule has 4 rings (SSSR count). The third-order valence-electron chi connectivity index (χ3n) is 7.45. The Labute approximate surface area is 220 Å². The second kappa shape index (κ2) is 12.5. The van der Waals surface area contributed by atoms with Crippen LogP contribution in [0.2, 0.25) is 0 Å². The van der Waals surface area contributed by atoms with Crippen LogP contribution in [0.1, 0.15) is 42.6 Å². The van der Waals surface area contributed by atoms with Crippen LogP contribution >= 0.6 is 0 Å². The number of hydrogen-bond acceptors (Lipinski definition) is 6. The second-order valence-corrected chi connectivity index (χ2v) is 10.5. The zero-order valence-electron chi connectivity index (χ0n) is 22.2. The number of carbonyl (C=O) groups excluding carboxylic acids is 2. The molecule has 2 aliphatic rings. The summed E-state index contributed by atoms with van der Waals surface area (Å²) in [4.78, 5) is 30.7. The van der Waals surface area contributed by atoms with Crippen molar-refractivity contribution in [2.24, 2.45) is 11.8 Å². The minimum absolute atomic E-state index is 0.00231. The molecule has 0 aliphatic carbocycles. The van der Waals surface area contributed by atoms with Crippen molar-refractivity contribution in [3.8, 4) is 5.75 Å². The molecular formula is C29H40N4O4. The van der Waals surface area contributed by atoms with Crippen molar-refractivity contribution in [2.45, 2.75) is 45.4 Å². The topological polar surface area (TPSA) is 94.1 Å². The minimum atomic E-state index is -0.336. The van der Waals surface area contributed by atoms with Gasteiger partial charge in [-0.25, -0.2) is 0 Å². The second-order valence-electron chi connectivity index (χ2n) is 10.5. The number of anilines is 1. The van der Waals surface area contributed by atoms with E-state index in [2.05, 4.69) is 41.6 Å². The molecule has 8 heteroatoms. The fourth-order valence-corrected chi connectivity index (χ4v) is 5.15. The van der Waals surface area contributed by atoms with Crippen molar-refractivity contribution in [1.29, 1.82) is 0 Å². The number of ether oxygens (including phenoxy) is 1. The fourth-order valence-electron chi connectivity index (χ4n) is 5.15. The van der Waals surface area contributed by atoms with Gasteiger partial charge in [-0.3, -0.25) is 14.5 Å². The number of aliphatic hydroxyl groups is 1. The molecule has 0 bridgehead atoms. The van der Waals surface area contributed by atoms with E-state index < -0.39 is 0 Å². The molecule has 1 saturated heterocycles. The highest BCUT2D eigenvalue weighted by atomic mass is 16.5. The van der Waals surface area contributed by atoms with E-state index in [1.54, 1.807) is 17.0 Å². The lowest BCUT2D eigenvalue weighted by molar-refractivity contribution is -0.120. The van der Waals surface area contributed by atoms with Gasteiger partial charge in [-0.1, -0.05) is 43.3 Å². The highest BCUT2D eigenvalue weighted by Crippen LogP contribution is 2.35. The van der Waals surface area contributed by atoms with Gasteiger partial charge in [0.15, 0.2) is 5.75 Å². The van der Waals surface area contributed by atoms with Crippen LogP contribution in [0.3, 0.4) is 0 Å². The first-order chi connectivity index (χ1) is 17.9. The van der Waals surface area contributed by atoms with E-state index in [1.165, 1.54) is 5.56 Å². The third kappa shape index (κ3) is 6.69. The van der Waals surface area contributed by atoms with Crippen molar-refractivity contribution < 1.29 is 19.4 Å². The number of hydrogen-bond donors (Lipinski definition) is 3. The van der Waals surface area contributed by atoms with Crippen LogP contribution in [-0.4, -0.2) is 78.7 Å². The maximum absolute atomic E-state index is 13.6. The van der Waals surface area contributed by atoms with E-state index in [0.717, 1.165) is 32.5 Å². The number of nitrogens with one attached hydrogen (secondary N) is 2. The van der Waals surface area contributed by atoms with Gasteiger partial charge in [-0.2, -0.15) is 0 Å². The fraction of sp³-hybridized carbons (Fsp3) is 0.517. The Morgan fingerprint density at radius 2 is 1.92 bits per heavy atom. The quantitative estimate of drug-likeness (QED) is 0.508. The summed E-state index contributed by atoms with van der Waals surface area (Å²) in [6.45, 7) is 7.32. The molecule has 37 heavy (non-hydrogen) atoms. The van der Waals surface area contributed by atoms with E-state index in [9.17, 15) is 14.7 Å². The number of para-hydroxylation sites is 1. The number of carbonyl (C=O) groups is 2. The van der Waals surface area contributed by atoms with Gasteiger partial charge in [0.1, 0.15) is 6.10 Å². The molecule has 8 nitrogen and oxygen atoms in total. The standard InChI is InChI=1S/C29H40N4O4/c1-20-16-33(21(2)19-34)29(36)24-10-7-11-25(31-28(35)23-12-14-30-15-13-23)27(24)37-26(20)18-32(3)17-22-8-5-4-6-9-22/h4-11,20-21,23,26,30,34H,12-19H2,1-3H3,(H,31,35)/t20-,21-,26+/m0/s1. The third-order valence-corrected chi connectivity index (χ3v) is 7.45. The number of rotatable bonds is 8. The number of fused-ring (bicyclic) bond motifs is 1. The maximum Gasteiger partial charge on any atom is 0.258 e. The van der Waals surface area contributed by atoms with Crippen LogP contribution < -0.4 is 15.4 Å². The molecule has 2 aliphatic heterocycles. The largest absolute Gasteiger partial charge is 0.486 e. The molecule has 2 heterocycles. The Hall–Kier alpha value is -2.94. The number of piperidine rings is 1. The van der Waals surface area contributed by atoms with Gasteiger partial charge >= 0.3 is 0 Å². The lowest BCUT2D eigenvalue weighted by Crippen LogP contribution is -2.49. The van der Waals surface area contributed by atoms with Gasteiger partial charge in [0.2, 0.25) is 5.91 Å². The van der Waals surface area contributed by atoms with Gasteiger partial charge in [0.25, 0.3) is 5.91 Å². The lowest BCUT2D eigenvalue weighted by Gasteiger charge is -2.38. The van der Waals surface area contributed by atoms with Crippen molar-refractivity contribution in [3.63, 3.8) is 0 Å². The van der Waals surface area contributed by atoms with Crippen LogP contribution in [0.15, 0.2) is 48.5 Å². The highest BCUT2D eigenvalue weighted by Gasteiger charge is 2.35. The highest BCUT2D eigenvalue weighted by molar-refractivity contribution is 6.02. The first-order valence-corrected chi connectivity index (χ1v) is 13.3. The summed E-state index contributed by atoms with van der Waals surface area (Å²) >= 11 is 0. The minimum Gasteiger partial charge on any atom is -0.486 e. The van der Waals surface area contributed by atoms with Crippen LogP contribution in [0.4, 0.5) is 5.69 Å². The Balaban J connectivity index is 1.63. The number of amides is 2. The Kier molecular flexibility index (Phi) is 9.18. The molecule has 1 fully saturated rings. The molecule has 0 saturated carbocycles. The summed E-state index contributed by atoms with van der Waals surface area (Å²) in [5, 5.41) is 16.3. The first kappa shape index (κ1) is 27.1. The average molecular weight is 509 g/mol. The van der Waals surface area contributed by atoms with E-state index in [4.69, 9.17) is 4.74 Å². The summed E-state index contributed by atoms with van der Waals surface area (Å²) in [6, 6.07) is 15.3. The molecule has 0 spiro atoms. The van der Waals surface area contributed by atoms with Crippen LogP contribution in [0.25, 0.3) is 0 Å². The summed E-state index contributed by atoms with van der Waals surface area (Å²) in [5.74, 6) is 0.0999. The Morgan fingerprint density at radius 3 is 2.62 bits per heavy atom. The molecule has 0 aromatic heterocycles. The van der Waals surface area contributed by atoms with Crippen molar-refractivity contribution in [1.82, 2.24) is 15.1 Å². The van der Waals surface area contributed by atoms with Crippen molar-refractivity contribution in [2.75, 3.05) is 45.2 Å². The molecule has 3 atom stereocenters. The average Bonchev–Trinajstić information content (AvgIpc) is 2.91. The SMILES string of the molecule is C[C@H]1CN([C@@H](C)CO)C(=O)c2cccc(NC(=O)C3CCNCC3)c2O[C@@H]1CN(C)Cc1ccccc1. The van der Waals surface area contributed by atoms with Crippen LogP contribution in [0.5, 0.6) is 5.75 Å². The van der Waals surface area contributed by atoms with Crippen molar-refractivity contribution >= 4 is 17.5 Å². The van der Waals surface area contributed by atoms with E-state index in [0.29, 0.717) is 30.1 Å². The summed E-state index contributed by atoms with van der Waals surface area (Å²) < 4.78 is 6.63. The van der Waals surface area contributed by atoms with Gasteiger partial charge < -0.3 is 25.4 Å². The molecule has 0 unspecified atom stereocenters. The van der Waals surface area contributed by atoms with E-state index in [-0.39, 0.29) is 42.4 Å². The summed E-state index contributed by atoms with van der Waals surface area (Å²) in [5.41, 5.74) is 2.14. The molecule has 2 aromatic rings. The molecule has 0 radical (unpaired) electrons. The predicted molar refractivity (Wildman–Crippen MR) is 145 cm³/mol. The Morgan fingerprint density at radius 1 is 1.19 bits per heavy atom. The smallest absolute Gasteiger partial charge is 0.258 e. The molecular weight excluding hydrogens is 468 g/mol. The van der Waals surface area contributed by atoms with Crippen LogP contribution in [-0.2, 0) is 11.3 Å². The lowest BCUT2D eigenvalue weighted by atomic mass is 9.96. The predicted octanol–water partition coefficient (Wildman–Crippen LogP) is 2.98. The van der Waals surface area contributed by atoms with Gasteiger partial charge in [0.05, 0.1) is 23.9 Å². The maximum atomic E-state index is 13.6. The molecule has 2 amide bonds. The number of benzene rings is 2. The summed E-state index contributed by atoms with van der Waals surface area (Å²) in [6.07, 6.45) is 1.34. The molecule has 3 N–H and O–H groups in total. The van der Waals surface area contributed by atoms with Gasteiger partial charge in [0, 0.05) is 31.5 Å². The summed E-state index contributed by atoms with van der Waals surface area (Å²) in [7, 11) is 2.06. The number of aliphatic hydroxyl groups excluding tert-OH is 1. The van der Waals surface area contributed by atoms with Gasteiger partial charge in [-0.15, -0.1) is 0 Å². The van der Waals surface area contributed by atoms with Crippen molar-refractivity contribution in [3.05, 3.63) is 59.7 Å². The zero-order chi connectivity index (χ0) is 26.4. The monoisotopic (exact) mass is 508 g/mol. The van der Waals surface area contributed by atoms with Crippen LogP contribution in [0, 0.1) is 11.8 Å². The zero-order valence-corrected chi connectivity index (χ0v) is 22.2.